The molecule has 0 saturated carbocycles. The molecule has 22 heavy (non-hydrogen) atoms. The number of hydrogen-bond acceptors (Lipinski definition) is 0. The maximum atomic E-state index is 2.53. The van der Waals surface area contributed by atoms with Crippen LogP contribution in [0.3, 0.4) is 0 Å². The topological polar surface area (TPSA) is 3.88 Å². The molecule has 2 aromatic carbocycles. The molecule has 0 radical (unpaired) electrons. The van der Waals surface area contributed by atoms with Gasteiger partial charge in [-0.25, -0.2) is 0 Å². The third-order valence-electron chi connectivity index (χ3n) is 5.27. The standard InChI is InChI=1S/C21H22N/c1-13-11-14(2)21-15(3)16(4)22-19-8-6-5-7-17(19)9-10-20(22)18(21)12-13/h5-12,15-16H,1-4H3/q+1. The molecule has 0 amide bonds. The summed E-state index contributed by atoms with van der Waals surface area (Å²) < 4.78 is 2.53. The number of pyridine rings is 1. The Kier molecular flexibility index (Phi) is 2.87. The summed E-state index contributed by atoms with van der Waals surface area (Å²) in [6, 6.07) is 18.4. The first-order valence-electron chi connectivity index (χ1n) is 8.12. The normalized spacial score (nSPS) is 19.8. The quantitative estimate of drug-likeness (QED) is 0.507. The average Bonchev–Trinajstić information content (AvgIpc) is 2.51. The minimum Gasteiger partial charge on any atom is -0.188 e. The van der Waals surface area contributed by atoms with Gasteiger partial charge in [0.05, 0.1) is 5.56 Å². The lowest BCUT2D eigenvalue weighted by atomic mass is 9.81. The van der Waals surface area contributed by atoms with Gasteiger partial charge in [-0.05, 0) is 50.1 Å². The molecule has 0 N–H and O–H groups in total. The van der Waals surface area contributed by atoms with Crippen LogP contribution >= 0.6 is 0 Å². The van der Waals surface area contributed by atoms with Crippen molar-refractivity contribution in [2.75, 3.05) is 0 Å². The Balaban J connectivity index is 2.15. The van der Waals surface area contributed by atoms with Crippen molar-refractivity contribution < 1.29 is 4.57 Å². The molecule has 3 aromatic rings. The van der Waals surface area contributed by atoms with Crippen molar-refractivity contribution in [1.29, 1.82) is 0 Å². The van der Waals surface area contributed by atoms with Gasteiger partial charge < -0.3 is 0 Å². The van der Waals surface area contributed by atoms with Crippen molar-refractivity contribution in [2.24, 2.45) is 0 Å². The summed E-state index contributed by atoms with van der Waals surface area (Å²) in [6.45, 7) is 9.17. The van der Waals surface area contributed by atoms with E-state index in [0.29, 0.717) is 12.0 Å². The lowest BCUT2D eigenvalue weighted by Crippen LogP contribution is -2.46. The zero-order valence-electron chi connectivity index (χ0n) is 13.7. The third kappa shape index (κ3) is 1.75. The molecule has 1 aliphatic rings. The van der Waals surface area contributed by atoms with Crippen molar-refractivity contribution in [3.05, 3.63) is 65.2 Å². The van der Waals surface area contributed by atoms with Gasteiger partial charge in [-0.2, -0.15) is 4.57 Å². The second-order valence-electron chi connectivity index (χ2n) is 6.72. The summed E-state index contributed by atoms with van der Waals surface area (Å²) in [6.07, 6.45) is 0. The first-order chi connectivity index (χ1) is 10.6. The third-order valence-corrected chi connectivity index (χ3v) is 5.27. The highest BCUT2D eigenvalue weighted by molar-refractivity contribution is 5.79. The fourth-order valence-corrected chi connectivity index (χ4v) is 4.14. The van der Waals surface area contributed by atoms with Crippen molar-refractivity contribution in [3.8, 4) is 11.3 Å². The Labute approximate surface area is 132 Å². The first-order valence-corrected chi connectivity index (χ1v) is 8.12. The van der Waals surface area contributed by atoms with Gasteiger partial charge in [-0.15, -0.1) is 0 Å². The van der Waals surface area contributed by atoms with Crippen LogP contribution in [0.15, 0.2) is 48.5 Å². The van der Waals surface area contributed by atoms with E-state index >= 15 is 0 Å². The monoisotopic (exact) mass is 288 g/mol. The highest BCUT2D eigenvalue weighted by atomic mass is 15.0. The van der Waals surface area contributed by atoms with Crippen LogP contribution in [0.4, 0.5) is 0 Å². The molecular formula is C21H22N+. The zero-order valence-corrected chi connectivity index (χ0v) is 13.7. The van der Waals surface area contributed by atoms with Gasteiger partial charge in [0.15, 0.2) is 6.04 Å². The van der Waals surface area contributed by atoms with Crippen molar-refractivity contribution in [1.82, 2.24) is 0 Å². The van der Waals surface area contributed by atoms with E-state index in [0.717, 1.165) is 0 Å². The molecule has 0 saturated heterocycles. The van der Waals surface area contributed by atoms with Gasteiger partial charge in [-0.1, -0.05) is 30.7 Å². The number of nitrogens with zero attached hydrogens (tertiary/aromatic N) is 1. The molecule has 2 unspecified atom stereocenters. The minimum atomic E-state index is 0.468. The fourth-order valence-electron chi connectivity index (χ4n) is 4.14. The summed E-state index contributed by atoms with van der Waals surface area (Å²) in [4.78, 5) is 0. The SMILES string of the molecule is Cc1cc(C)c2c(c1)-c1ccc3ccccc3[n+]1C(C)C2C. The Morgan fingerprint density at radius 1 is 0.909 bits per heavy atom. The van der Waals surface area contributed by atoms with E-state index in [1.807, 2.05) is 0 Å². The van der Waals surface area contributed by atoms with E-state index in [4.69, 9.17) is 0 Å². The van der Waals surface area contributed by atoms with E-state index in [9.17, 15) is 0 Å². The minimum absolute atomic E-state index is 0.468. The van der Waals surface area contributed by atoms with E-state index in [-0.39, 0.29) is 0 Å². The van der Waals surface area contributed by atoms with Crippen LogP contribution in [0.5, 0.6) is 0 Å². The van der Waals surface area contributed by atoms with Crippen LogP contribution in [-0.4, -0.2) is 0 Å². The summed E-state index contributed by atoms with van der Waals surface area (Å²) >= 11 is 0. The summed E-state index contributed by atoms with van der Waals surface area (Å²) in [5, 5.41) is 1.32. The molecule has 2 atom stereocenters. The van der Waals surface area contributed by atoms with E-state index in [2.05, 4.69) is 80.8 Å². The number of benzene rings is 2. The van der Waals surface area contributed by atoms with Crippen LogP contribution in [0.25, 0.3) is 22.2 Å². The molecule has 0 bridgehead atoms. The number of fused-ring (bicyclic) bond motifs is 5. The van der Waals surface area contributed by atoms with Crippen molar-refractivity contribution in [3.63, 3.8) is 0 Å². The maximum Gasteiger partial charge on any atom is 0.213 e. The number of para-hydroxylation sites is 1. The number of aryl methyl sites for hydroxylation is 2. The number of hydrogen-bond donors (Lipinski definition) is 0. The largest absolute Gasteiger partial charge is 0.213 e. The summed E-state index contributed by atoms with van der Waals surface area (Å²) in [5.74, 6) is 0.527. The van der Waals surface area contributed by atoms with Crippen LogP contribution in [0.2, 0.25) is 0 Å². The van der Waals surface area contributed by atoms with E-state index < -0.39 is 0 Å². The van der Waals surface area contributed by atoms with E-state index in [1.54, 1.807) is 0 Å². The van der Waals surface area contributed by atoms with Crippen LogP contribution in [0, 0.1) is 13.8 Å². The summed E-state index contributed by atoms with van der Waals surface area (Å²) in [5.41, 5.74) is 8.39. The molecule has 0 aliphatic carbocycles. The highest BCUT2D eigenvalue weighted by Gasteiger charge is 2.36. The molecule has 0 fully saturated rings. The molecule has 2 heterocycles. The van der Waals surface area contributed by atoms with Crippen LogP contribution in [0.1, 0.15) is 42.5 Å². The molecule has 1 aliphatic heterocycles. The molecular weight excluding hydrogens is 266 g/mol. The lowest BCUT2D eigenvalue weighted by molar-refractivity contribution is -0.689. The summed E-state index contributed by atoms with van der Waals surface area (Å²) in [7, 11) is 0. The smallest absolute Gasteiger partial charge is 0.188 e. The maximum absolute atomic E-state index is 2.53. The predicted octanol–water partition coefficient (Wildman–Crippen LogP) is 5.09. The Bertz CT molecular complexity index is 892. The molecule has 110 valence electrons. The Morgan fingerprint density at radius 3 is 2.50 bits per heavy atom. The van der Waals surface area contributed by atoms with Crippen molar-refractivity contribution >= 4 is 10.9 Å². The molecule has 0 spiro atoms. The second kappa shape index (κ2) is 4.67. The average molecular weight is 288 g/mol. The van der Waals surface area contributed by atoms with Gasteiger partial charge >= 0.3 is 0 Å². The van der Waals surface area contributed by atoms with Crippen LogP contribution < -0.4 is 4.57 Å². The van der Waals surface area contributed by atoms with Gasteiger partial charge in [0.25, 0.3) is 0 Å². The van der Waals surface area contributed by atoms with Crippen LogP contribution in [-0.2, 0) is 0 Å². The molecule has 4 rings (SSSR count). The Morgan fingerprint density at radius 2 is 1.68 bits per heavy atom. The lowest BCUT2D eigenvalue weighted by Gasteiger charge is -2.28. The van der Waals surface area contributed by atoms with E-state index in [1.165, 1.54) is 38.9 Å². The van der Waals surface area contributed by atoms with Gasteiger partial charge in [0.1, 0.15) is 0 Å². The molecule has 1 aromatic heterocycles. The molecule has 1 heteroatoms. The second-order valence-corrected chi connectivity index (χ2v) is 6.72. The van der Waals surface area contributed by atoms with Gasteiger partial charge in [0, 0.05) is 23.4 Å². The molecule has 1 nitrogen and oxygen atoms in total. The first kappa shape index (κ1) is 13.5. The number of rotatable bonds is 0. The number of aromatic nitrogens is 1. The zero-order chi connectivity index (χ0) is 15.4. The van der Waals surface area contributed by atoms with Gasteiger partial charge in [-0.3, -0.25) is 0 Å². The fraction of sp³-hybridized carbons (Fsp3) is 0.286. The highest BCUT2D eigenvalue weighted by Crippen LogP contribution is 2.41. The predicted molar refractivity (Wildman–Crippen MR) is 92.2 cm³/mol. The van der Waals surface area contributed by atoms with Gasteiger partial charge in [0.2, 0.25) is 11.2 Å². The van der Waals surface area contributed by atoms with Crippen molar-refractivity contribution in [2.45, 2.75) is 39.7 Å². The Hall–Kier alpha value is -2.15.